The van der Waals surface area contributed by atoms with Gasteiger partial charge in [0.05, 0.1) is 18.9 Å². The van der Waals surface area contributed by atoms with E-state index in [2.05, 4.69) is 5.48 Å². The monoisotopic (exact) mass is 235 g/mol. The molecule has 17 heavy (non-hydrogen) atoms. The van der Waals surface area contributed by atoms with Gasteiger partial charge in [-0.2, -0.15) is 0 Å². The molecule has 0 atom stereocenters. The molecule has 0 unspecified atom stereocenters. The van der Waals surface area contributed by atoms with Gasteiger partial charge in [0.25, 0.3) is 0 Å². The quantitative estimate of drug-likeness (QED) is 0.468. The summed E-state index contributed by atoms with van der Waals surface area (Å²) in [6.45, 7) is 4.67. The largest absolute Gasteiger partial charge is 0.463 e. The molecule has 0 amide bonds. The van der Waals surface area contributed by atoms with Gasteiger partial charge < -0.3 is 4.74 Å². The fraction of sp³-hybridized carbons (Fsp3) is 0.308. The predicted octanol–water partition coefficient (Wildman–Crippen LogP) is 2.63. The molecule has 0 aliphatic carbocycles. The van der Waals surface area contributed by atoms with E-state index in [9.17, 15) is 4.79 Å². The highest BCUT2D eigenvalue weighted by atomic mass is 16.6. The van der Waals surface area contributed by atoms with Crippen LogP contribution in [0.5, 0.6) is 0 Å². The van der Waals surface area contributed by atoms with Crippen LogP contribution >= 0.6 is 0 Å². The van der Waals surface area contributed by atoms with Crippen LogP contribution in [0.4, 0.5) is 5.69 Å². The Morgan fingerprint density at radius 2 is 1.94 bits per heavy atom. The van der Waals surface area contributed by atoms with Gasteiger partial charge in [-0.15, -0.1) is 0 Å². The number of nitrogens with one attached hydrogen (secondary N) is 1. The maximum Gasteiger partial charge on any atom is 0.330 e. The lowest BCUT2D eigenvalue weighted by Gasteiger charge is -2.04. The first-order valence-electron chi connectivity index (χ1n) is 5.59. The van der Waals surface area contributed by atoms with Crippen LogP contribution in [0.25, 0.3) is 6.08 Å². The number of carbonyl (C=O) groups is 1. The third-order valence-electron chi connectivity index (χ3n) is 1.94. The molecule has 0 saturated heterocycles. The van der Waals surface area contributed by atoms with Crippen LogP contribution in [-0.4, -0.2) is 19.2 Å². The van der Waals surface area contributed by atoms with Crippen LogP contribution in [0.2, 0.25) is 0 Å². The van der Waals surface area contributed by atoms with E-state index in [1.807, 2.05) is 31.2 Å². The third kappa shape index (κ3) is 5.17. The molecule has 4 nitrogen and oxygen atoms in total. The van der Waals surface area contributed by atoms with E-state index in [1.54, 1.807) is 13.0 Å². The number of carbonyl (C=O) groups excluding carboxylic acids is 1. The first-order valence-corrected chi connectivity index (χ1v) is 5.59. The predicted molar refractivity (Wildman–Crippen MR) is 67.4 cm³/mol. The summed E-state index contributed by atoms with van der Waals surface area (Å²) in [5.74, 6) is -0.330. The van der Waals surface area contributed by atoms with Gasteiger partial charge in [-0.1, -0.05) is 12.1 Å². The Morgan fingerprint density at radius 3 is 2.53 bits per heavy atom. The number of rotatable bonds is 6. The van der Waals surface area contributed by atoms with Crippen molar-refractivity contribution in [1.29, 1.82) is 0 Å². The summed E-state index contributed by atoms with van der Waals surface area (Å²) in [7, 11) is 0. The summed E-state index contributed by atoms with van der Waals surface area (Å²) in [6.07, 6.45) is 3.12. The summed E-state index contributed by atoms with van der Waals surface area (Å²) in [5, 5.41) is 0. The molecular formula is C13H17NO3. The van der Waals surface area contributed by atoms with E-state index >= 15 is 0 Å². The Hall–Kier alpha value is -1.81. The lowest BCUT2D eigenvalue weighted by Crippen LogP contribution is -1.99. The number of benzene rings is 1. The molecule has 0 fully saturated rings. The first kappa shape index (κ1) is 13.3. The molecule has 0 radical (unpaired) electrons. The molecule has 1 rings (SSSR count). The number of anilines is 1. The van der Waals surface area contributed by atoms with E-state index in [-0.39, 0.29) is 5.97 Å². The van der Waals surface area contributed by atoms with Gasteiger partial charge in [-0.3, -0.25) is 10.3 Å². The normalized spacial score (nSPS) is 10.5. The topological polar surface area (TPSA) is 47.6 Å². The second kappa shape index (κ2) is 7.46. The zero-order valence-electron chi connectivity index (χ0n) is 10.1. The van der Waals surface area contributed by atoms with Crippen molar-refractivity contribution < 1.29 is 14.4 Å². The van der Waals surface area contributed by atoms with Crippen LogP contribution in [-0.2, 0) is 14.4 Å². The average Bonchev–Trinajstić information content (AvgIpc) is 2.35. The zero-order chi connectivity index (χ0) is 12.5. The molecule has 1 N–H and O–H groups in total. The van der Waals surface area contributed by atoms with Crippen molar-refractivity contribution in [1.82, 2.24) is 0 Å². The summed E-state index contributed by atoms with van der Waals surface area (Å²) < 4.78 is 4.78. The highest BCUT2D eigenvalue weighted by Crippen LogP contribution is 2.10. The molecule has 0 aliphatic heterocycles. The van der Waals surface area contributed by atoms with Gasteiger partial charge >= 0.3 is 5.97 Å². The molecule has 1 aromatic carbocycles. The van der Waals surface area contributed by atoms with Crippen molar-refractivity contribution in [3.8, 4) is 0 Å². The van der Waals surface area contributed by atoms with E-state index in [4.69, 9.17) is 9.57 Å². The van der Waals surface area contributed by atoms with Gasteiger partial charge in [0.15, 0.2) is 0 Å². The average molecular weight is 235 g/mol. The Balaban J connectivity index is 2.53. The Kier molecular flexibility index (Phi) is 5.82. The van der Waals surface area contributed by atoms with Crippen molar-refractivity contribution in [3.05, 3.63) is 35.9 Å². The van der Waals surface area contributed by atoms with Gasteiger partial charge in [-0.25, -0.2) is 4.79 Å². The van der Waals surface area contributed by atoms with Crippen molar-refractivity contribution in [2.24, 2.45) is 0 Å². The third-order valence-corrected chi connectivity index (χ3v) is 1.94. The molecule has 92 valence electrons. The van der Waals surface area contributed by atoms with Crippen LogP contribution < -0.4 is 5.48 Å². The number of hydrogen-bond acceptors (Lipinski definition) is 4. The summed E-state index contributed by atoms with van der Waals surface area (Å²) >= 11 is 0. The molecule has 0 saturated carbocycles. The number of esters is 1. The molecular weight excluding hydrogens is 218 g/mol. The lowest BCUT2D eigenvalue weighted by molar-refractivity contribution is -0.137. The maximum atomic E-state index is 11.1. The van der Waals surface area contributed by atoms with Crippen molar-refractivity contribution in [2.45, 2.75) is 13.8 Å². The Labute approximate surface area is 101 Å². The highest BCUT2D eigenvalue weighted by Gasteiger charge is 1.94. The van der Waals surface area contributed by atoms with Crippen molar-refractivity contribution in [2.75, 3.05) is 18.7 Å². The summed E-state index contributed by atoms with van der Waals surface area (Å²) in [6, 6.07) is 7.52. The fourth-order valence-electron chi connectivity index (χ4n) is 1.17. The molecule has 0 spiro atoms. The van der Waals surface area contributed by atoms with Gasteiger partial charge in [-0.05, 0) is 37.6 Å². The van der Waals surface area contributed by atoms with E-state index in [0.717, 1.165) is 11.3 Å². The highest BCUT2D eigenvalue weighted by molar-refractivity contribution is 5.87. The van der Waals surface area contributed by atoms with Crippen molar-refractivity contribution >= 4 is 17.7 Å². The number of ether oxygens (including phenoxy) is 1. The van der Waals surface area contributed by atoms with Crippen LogP contribution in [0.1, 0.15) is 19.4 Å². The van der Waals surface area contributed by atoms with E-state index in [0.29, 0.717) is 13.2 Å². The lowest BCUT2D eigenvalue weighted by atomic mass is 10.2. The van der Waals surface area contributed by atoms with Gasteiger partial charge in [0.1, 0.15) is 0 Å². The molecule has 0 heterocycles. The second-order valence-electron chi connectivity index (χ2n) is 3.24. The van der Waals surface area contributed by atoms with Crippen LogP contribution in [0, 0.1) is 0 Å². The van der Waals surface area contributed by atoms with E-state index in [1.165, 1.54) is 6.08 Å². The van der Waals surface area contributed by atoms with Crippen LogP contribution in [0.3, 0.4) is 0 Å². The maximum absolute atomic E-state index is 11.1. The fourth-order valence-corrected chi connectivity index (χ4v) is 1.17. The van der Waals surface area contributed by atoms with Gasteiger partial charge in [0, 0.05) is 6.08 Å². The molecule has 1 aromatic rings. The minimum absolute atomic E-state index is 0.330. The minimum Gasteiger partial charge on any atom is -0.463 e. The molecule has 0 aliphatic rings. The summed E-state index contributed by atoms with van der Waals surface area (Å²) in [4.78, 5) is 16.1. The first-order chi connectivity index (χ1) is 8.26. The van der Waals surface area contributed by atoms with E-state index < -0.39 is 0 Å². The Bertz CT molecular complexity index is 371. The van der Waals surface area contributed by atoms with Crippen LogP contribution in [0.15, 0.2) is 30.3 Å². The smallest absolute Gasteiger partial charge is 0.330 e. The molecule has 0 bridgehead atoms. The Morgan fingerprint density at radius 1 is 1.24 bits per heavy atom. The standard InChI is InChI=1S/C13H17NO3/c1-3-16-13(15)10-7-11-5-8-12(9-6-11)14-17-4-2/h5-10,14H,3-4H2,1-2H3/b10-7+. The second-order valence-corrected chi connectivity index (χ2v) is 3.24. The molecule has 4 heteroatoms. The minimum atomic E-state index is -0.330. The van der Waals surface area contributed by atoms with Gasteiger partial charge in [0.2, 0.25) is 0 Å². The van der Waals surface area contributed by atoms with Crippen molar-refractivity contribution in [3.63, 3.8) is 0 Å². The summed E-state index contributed by atoms with van der Waals surface area (Å²) in [5.41, 5.74) is 4.60. The zero-order valence-corrected chi connectivity index (χ0v) is 10.1. The number of hydrogen-bond donors (Lipinski definition) is 1. The SMILES string of the molecule is CCONc1ccc(/C=C/C(=O)OCC)cc1. The molecule has 0 aromatic heterocycles.